The number of aromatic nitrogens is 2. The number of carbonyl (C=O) groups is 1. The maximum atomic E-state index is 13.9. The Morgan fingerprint density at radius 2 is 1.97 bits per heavy atom. The van der Waals surface area contributed by atoms with Gasteiger partial charge in [-0.2, -0.15) is 5.10 Å². The Kier molecular flexibility index (Phi) is 7.72. The van der Waals surface area contributed by atoms with Crippen molar-refractivity contribution in [1.29, 1.82) is 0 Å². The maximum absolute atomic E-state index is 13.9. The minimum atomic E-state index is -0.310. The van der Waals surface area contributed by atoms with Crippen LogP contribution in [0.25, 0.3) is 0 Å². The Hall–Kier alpha value is -2.78. The van der Waals surface area contributed by atoms with E-state index in [-0.39, 0.29) is 11.8 Å². The Morgan fingerprint density at radius 1 is 1.18 bits per heavy atom. The number of rotatable bonds is 6. The van der Waals surface area contributed by atoms with Gasteiger partial charge in [0.25, 0.3) is 0 Å². The van der Waals surface area contributed by atoms with Gasteiger partial charge in [0.15, 0.2) is 10.9 Å². The average Bonchev–Trinajstić information content (AvgIpc) is 3.33. The Labute approximate surface area is 202 Å². The first-order chi connectivity index (χ1) is 16.0. The second-order valence-corrected chi connectivity index (χ2v) is 9.43. The van der Waals surface area contributed by atoms with Crippen molar-refractivity contribution >= 4 is 45.5 Å². The highest BCUT2D eigenvalue weighted by molar-refractivity contribution is 7.80. The normalized spacial score (nSPS) is 13.5. The highest BCUT2D eigenvalue weighted by Crippen LogP contribution is 2.37. The van der Waals surface area contributed by atoms with Crippen LogP contribution in [-0.4, -0.2) is 27.5 Å². The number of fused-ring (bicyclic) bond motifs is 1. The largest absolute Gasteiger partial charge is 0.462 e. The number of nitrogens with zero attached hydrogens (tertiary/aromatic N) is 2. The van der Waals surface area contributed by atoms with Gasteiger partial charge in [-0.05, 0) is 56.5 Å². The molecule has 174 valence electrons. The van der Waals surface area contributed by atoms with E-state index in [1.807, 2.05) is 6.92 Å². The number of carbonyl (C=O) groups excluding carboxylic acids is 1. The summed E-state index contributed by atoms with van der Waals surface area (Å²) in [6, 6.07) is 8.40. The molecule has 0 bridgehead atoms. The van der Waals surface area contributed by atoms with Crippen LogP contribution >= 0.6 is 23.6 Å². The molecule has 1 aromatic carbocycles. The fourth-order valence-corrected chi connectivity index (χ4v) is 5.55. The summed E-state index contributed by atoms with van der Waals surface area (Å²) in [4.78, 5) is 14.0. The number of thiophene rings is 1. The van der Waals surface area contributed by atoms with Crippen LogP contribution < -0.4 is 10.6 Å². The summed E-state index contributed by atoms with van der Waals surface area (Å²) < 4.78 is 20.9. The highest BCUT2D eigenvalue weighted by Gasteiger charge is 2.25. The molecule has 2 heterocycles. The average molecular weight is 487 g/mol. The molecule has 2 aromatic heterocycles. The molecule has 0 amide bonds. The molecule has 0 aliphatic heterocycles. The molecule has 3 aromatic rings. The van der Waals surface area contributed by atoms with Crippen molar-refractivity contribution in [3.63, 3.8) is 0 Å². The minimum absolute atomic E-state index is 0.264. The second kappa shape index (κ2) is 10.9. The van der Waals surface area contributed by atoms with E-state index in [1.165, 1.54) is 23.8 Å². The number of thiocarbonyl (C=S) groups is 1. The molecule has 0 radical (unpaired) electrons. The molecular formula is C24H27FN4O2S2. The lowest BCUT2D eigenvalue weighted by Gasteiger charge is -2.12. The smallest absolute Gasteiger partial charge is 0.341 e. The predicted molar refractivity (Wildman–Crippen MR) is 134 cm³/mol. The number of nitrogens with one attached hydrogen (secondary N) is 2. The SMILES string of the molecule is CCOC(=O)c1c(NC(=S)Nc2ccn(Cc3ccccc3F)n2)sc2c1CCCCCC2. The Morgan fingerprint density at radius 3 is 2.76 bits per heavy atom. The molecule has 33 heavy (non-hydrogen) atoms. The molecule has 0 saturated carbocycles. The number of esters is 1. The van der Waals surface area contributed by atoms with Gasteiger partial charge >= 0.3 is 5.97 Å². The van der Waals surface area contributed by atoms with E-state index in [0.29, 0.717) is 40.2 Å². The van der Waals surface area contributed by atoms with E-state index in [9.17, 15) is 9.18 Å². The topological polar surface area (TPSA) is 68.2 Å². The van der Waals surface area contributed by atoms with Crippen molar-refractivity contribution in [2.24, 2.45) is 0 Å². The van der Waals surface area contributed by atoms with Crippen molar-refractivity contribution in [2.75, 3.05) is 17.2 Å². The van der Waals surface area contributed by atoms with Crippen molar-refractivity contribution < 1.29 is 13.9 Å². The van der Waals surface area contributed by atoms with Gasteiger partial charge < -0.3 is 15.4 Å². The maximum Gasteiger partial charge on any atom is 0.341 e. The summed E-state index contributed by atoms with van der Waals surface area (Å²) in [6.45, 7) is 2.45. The van der Waals surface area contributed by atoms with Crippen LogP contribution in [0.1, 0.15) is 59.0 Å². The summed E-state index contributed by atoms with van der Waals surface area (Å²) in [5.74, 6) is -0.0362. The molecule has 2 N–H and O–H groups in total. The van der Waals surface area contributed by atoms with Gasteiger partial charge in [-0.15, -0.1) is 11.3 Å². The van der Waals surface area contributed by atoms with Gasteiger partial charge in [-0.3, -0.25) is 4.68 Å². The summed E-state index contributed by atoms with van der Waals surface area (Å²) in [7, 11) is 0. The molecule has 6 nitrogen and oxygen atoms in total. The quantitative estimate of drug-likeness (QED) is 0.340. The number of halogens is 1. The van der Waals surface area contributed by atoms with E-state index in [4.69, 9.17) is 17.0 Å². The number of hydrogen-bond donors (Lipinski definition) is 2. The van der Waals surface area contributed by atoms with Crippen molar-refractivity contribution in [3.8, 4) is 0 Å². The van der Waals surface area contributed by atoms with Crippen molar-refractivity contribution in [3.05, 3.63) is 63.9 Å². The minimum Gasteiger partial charge on any atom is -0.462 e. The lowest BCUT2D eigenvalue weighted by molar-refractivity contribution is 0.0526. The number of ether oxygens (including phenoxy) is 1. The van der Waals surface area contributed by atoms with E-state index in [1.54, 1.807) is 46.5 Å². The van der Waals surface area contributed by atoms with E-state index < -0.39 is 0 Å². The van der Waals surface area contributed by atoms with Crippen LogP contribution in [0.3, 0.4) is 0 Å². The first-order valence-corrected chi connectivity index (χ1v) is 12.4. The van der Waals surface area contributed by atoms with Crippen LogP contribution in [0.2, 0.25) is 0 Å². The summed E-state index contributed by atoms with van der Waals surface area (Å²) in [5, 5.41) is 11.7. The van der Waals surface area contributed by atoms with Gasteiger partial charge in [-0.1, -0.05) is 31.0 Å². The third-order valence-electron chi connectivity index (χ3n) is 5.55. The molecule has 0 spiro atoms. The number of anilines is 2. The summed E-state index contributed by atoms with van der Waals surface area (Å²) in [6.07, 6.45) is 8.19. The first-order valence-electron chi connectivity index (χ1n) is 11.2. The molecule has 4 rings (SSSR count). The predicted octanol–water partition coefficient (Wildman–Crippen LogP) is 5.78. The zero-order chi connectivity index (χ0) is 23.2. The van der Waals surface area contributed by atoms with Crippen LogP contribution in [-0.2, 0) is 24.1 Å². The molecule has 1 aliphatic carbocycles. The van der Waals surface area contributed by atoms with Gasteiger partial charge in [0.1, 0.15) is 10.8 Å². The first kappa shape index (κ1) is 23.4. The second-order valence-electron chi connectivity index (χ2n) is 7.91. The van der Waals surface area contributed by atoms with E-state index in [2.05, 4.69) is 15.7 Å². The Bertz CT molecular complexity index is 1140. The molecule has 0 saturated heterocycles. The summed E-state index contributed by atoms with van der Waals surface area (Å²) >= 11 is 7.09. The van der Waals surface area contributed by atoms with Crippen LogP contribution in [0, 0.1) is 5.82 Å². The van der Waals surface area contributed by atoms with Gasteiger partial charge in [0.2, 0.25) is 0 Å². The molecule has 1 aliphatic rings. The number of benzene rings is 1. The van der Waals surface area contributed by atoms with Crippen molar-refractivity contribution in [1.82, 2.24) is 9.78 Å². The van der Waals surface area contributed by atoms with Gasteiger partial charge in [0.05, 0.1) is 18.7 Å². The zero-order valence-electron chi connectivity index (χ0n) is 18.5. The monoisotopic (exact) mass is 486 g/mol. The standard InChI is InChI=1S/C24H27FN4O2S2/c1-2-31-23(30)21-17-10-5-3-4-6-12-19(17)33-22(21)27-24(32)26-20-13-14-29(28-20)15-16-9-7-8-11-18(16)25/h7-9,11,13-14H,2-6,10,12,15H2,1H3,(H2,26,27,28,32). The lowest BCUT2D eigenvalue weighted by atomic mass is 9.96. The van der Waals surface area contributed by atoms with Gasteiger partial charge in [0, 0.05) is 22.7 Å². The number of aryl methyl sites for hydroxylation is 1. The molecule has 0 atom stereocenters. The summed E-state index contributed by atoms with van der Waals surface area (Å²) in [5.41, 5.74) is 2.26. The van der Waals surface area contributed by atoms with Crippen LogP contribution in [0.15, 0.2) is 36.5 Å². The molecule has 9 heteroatoms. The molecule has 0 fully saturated rings. The number of hydrogen-bond acceptors (Lipinski definition) is 5. The van der Waals surface area contributed by atoms with Crippen molar-refractivity contribution in [2.45, 2.75) is 52.0 Å². The molecule has 0 unspecified atom stereocenters. The third-order valence-corrected chi connectivity index (χ3v) is 6.96. The zero-order valence-corrected chi connectivity index (χ0v) is 20.2. The molecular weight excluding hydrogens is 459 g/mol. The fraction of sp³-hybridized carbons (Fsp3) is 0.375. The van der Waals surface area contributed by atoms with Crippen LogP contribution in [0.5, 0.6) is 0 Å². The highest BCUT2D eigenvalue weighted by atomic mass is 32.1. The third kappa shape index (κ3) is 5.78. The van der Waals surface area contributed by atoms with Gasteiger partial charge in [-0.25, -0.2) is 9.18 Å². The fourth-order valence-electron chi connectivity index (χ4n) is 3.99. The van der Waals surface area contributed by atoms with Crippen LogP contribution in [0.4, 0.5) is 15.2 Å². The lowest BCUT2D eigenvalue weighted by Crippen LogP contribution is -2.21. The van der Waals surface area contributed by atoms with E-state index >= 15 is 0 Å². The van der Waals surface area contributed by atoms with E-state index in [0.717, 1.165) is 31.2 Å². The Balaban J connectivity index is 1.48.